The van der Waals surface area contributed by atoms with Gasteiger partial charge in [-0.1, -0.05) is 51.4 Å². The highest BCUT2D eigenvalue weighted by Crippen LogP contribution is 2.36. The maximum absolute atomic E-state index is 10.9. The van der Waals surface area contributed by atoms with Crippen LogP contribution in [-0.2, 0) is 0 Å². The minimum Gasteiger partial charge on any atom is -0.505 e. The lowest BCUT2D eigenvalue weighted by atomic mass is 9.96. The van der Waals surface area contributed by atoms with E-state index in [0.717, 1.165) is 21.0 Å². The number of phenolic OH excluding ortho intramolecular Hbond substituents is 1. The van der Waals surface area contributed by atoms with E-state index in [1.807, 2.05) is 61.5 Å². The highest BCUT2D eigenvalue weighted by Gasteiger charge is 2.21. The third-order valence-corrected chi connectivity index (χ3v) is 4.69. The second kappa shape index (κ2) is 6.80. The molecule has 2 N–H and O–H groups in total. The molecule has 4 aromatic rings. The summed E-state index contributed by atoms with van der Waals surface area (Å²) in [5, 5.41) is 19.1. The Hall–Kier alpha value is -2.86. The Labute approximate surface area is 158 Å². The molecule has 130 valence electrons. The molecule has 1 unspecified atom stereocenters. The van der Waals surface area contributed by atoms with Gasteiger partial charge >= 0.3 is 0 Å². The Morgan fingerprint density at radius 1 is 1.12 bits per heavy atom. The largest absolute Gasteiger partial charge is 0.505 e. The standard InChI is InChI=1S/C20H16BrN3O2/c1-12-10-17(24-26-12)23-18(14-4-2-6-15(21)11-14)16-8-7-13-5-3-9-22-19(13)20(16)25/h2-11,18,25H,1H3,(H,23,24). The number of anilines is 1. The van der Waals surface area contributed by atoms with Gasteiger partial charge in [0.05, 0.1) is 6.04 Å². The SMILES string of the molecule is Cc1cc(NC(c2cccc(Br)c2)c2ccc3cccnc3c2O)no1. The molecule has 0 saturated heterocycles. The second-order valence-corrected chi connectivity index (χ2v) is 6.95. The lowest BCUT2D eigenvalue weighted by molar-refractivity contribution is 0.399. The van der Waals surface area contributed by atoms with Crippen LogP contribution in [0.2, 0.25) is 0 Å². The smallest absolute Gasteiger partial charge is 0.170 e. The van der Waals surface area contributed by atoms with Crippen LogP contribution in [0.1, 0.15) is 22.9 Å². The first kappa shape index (κ1) is 16.6. The molecule has 0 fully saturated rings. The van der Waals surface area contributed by atoms with Crippen LogP contribution < -0.4 is 5.32 Å². The zero-order valence-electron chi connectivity index (χ0n) is 14.0. The number of hydrogen-bond acceptors (Lipinski definition) is 5. The average molecular weight is 410 g/mol. The third kappa shape index (κ3) is 3.15. The van der Waals surface area contributed by atoms with E-state index in [1.165, 1.54) is 0 Å². The highest BCUT2D eigenvalue weighted by atomic mass is 79.9. The minimum atomic E-state index is -0.316. The maximum atomic E-state index is 10.9. The van der Waals surface area contributed by atoms with Crippen LogP contribution in [0.5, 0.6) is 5.75 Å². The summed E-state index contributed by atoms with van der Waals surface area (Å²) < 4.78 is 6.12. The van der Waals surface area contributed by atoms with Crippen molar-refractivity contribution in [1.29, 1.82) is 0 Å². The molecule has 5 nitrogen and oxygen atoms in total. The van der Waals surface area contributed by atoms with Crippen molar-refractivity contribution in [1.82, 2.24) is 10.1 Å². The topological polar surface area (TPSA) is 71.2 Å². The molecule has 1 atom stereocenters. The van der Waals surface area contributed by atoms with Crippen molar-refractivity contribution < 1.29 is 9.63 Å². The number of aryl methyl sites for hydroxylation is 1. The number of rotatable bonds is 4. The van der Waals surface area contributed by atoms with Gasteiger partial charge in [0.2, 0.25) is 0 Å². The maximum Gasteiger partial charge on any atom is 0.170 e. The van der Waals surface area contributed by atoms with Crippen molar-refractivity contribution in [2.45, 2.75) is 13.0 Å². The first-order valence-electron chi connectivity index (χ1n) is 8.14. The number of nitrogens with one attached hydrogen (secondary N) is 1. The quantitative estimate of drug-likeness (QED) is 0.484. The fourth-order valence-electron chi connectivity index (χ4n) is 2.99. The second-order valence-electron chi connectivity index (χ2n) is 6.03. The number of phenols is 1. The van der Waals surface area contributed by atoms with Crippen molar-refractivity contribution in [3.63, 3.8) is 0 Å². The number of nitrogens with zero attached hydrogens (tertiary/aromatic N) is 2. The summed E-state index contributed by atoms with van der Waals surface area (Å²) in [4.78, 5) is 4.32. The monoisotopic (exact) mass is 409 g/mol. The number of pyridine rings is 1. The summed E-state index contributed by atoms with van der Waals surface area (Å²) in [6.45, 7) is 1.84. The van der Waals surface area contributed by atoms with E-state index in [1.54, 1.807) is 6.20 Å². The van der Waals surface area contributed by atoms with Crippen LogP contribution in [0.4, 0.5) is 5.82 Å². The van der Waals surface area contributed by atoms with Gasteiger partial charge in [0.25, 0.3) is 0 Å². The zero-order chi connectivity index (χ0) is 18.1. The van der Waals surface area contributed by atoms with E-state index in [4.69, 9.17) is 4.52 Å². The number of halogens is 1. The molecule has 0 spiro atoms. The van der Waals surface area contributed by atoms with Crippen molar-refractivity contribution >= 4 is 32.7 Å². The van der Waals surface area contributed by atoms with Gasteiger partial charge in [0, 0.05) is 27.7 Å². The fourth-order valence-corrected chi connectivity index (χ4v) is 3.40. The first-order valence-corrected chi connectivity index (χ1v) is 8.93. The van der Waals surface area contributed by atoms with Gasteiger partial charge in [-0.3, -0.25) is 4.98 Å². The molecule has 4 rings (SSSR count). The Morgan fingerprint density at radius 2 is 2.00 bits per heavy atom. The van der Waals surface area contributed by atoms with E-state index >= 15 is 0 Å². The number of aromatic hydroxyl groups is 1. The Kier molecular flexibility index (Phi) is 4.34. The van der Waals surface area contributed by atoms with Crippen LogP contribution >= 0.6 is 15.9 Å². The summed E-state index contributed by atoms with van der Waals surface area (Å²) in [6.07, 6.45) is 1.67. The molecule has 2 aromatic heterocycles. The predicted octanol–water partition coefficient (Wildman–Crippen LogP) is 5.20. The molecular formula is C20H16BrN3O2. The summed E-state index contributed by atoms with van der Waals surface area (Å²) in [5.74, 6) is 1.47. The molecule has 0 aliphatic carbocycles. The Morgan fingerprint density at radius 3 is 2.77 bits per heavy atom. The molecule has 0 bridgehead atoms. The average Bonchev–Trinajstić information content (AvgIpc) is 3.06. The lowest BCUT2D eigenvalue weighted by Crippen LogP contribution is -2.13. The number of aromatic nitrogens is 2. The molecule has 2 aromatic carbocycles. The summed E-state index contributed by atoms with van der Waals surface area (Å²) in [6, 6.07) is 17.1. The van der Waals surface area contributed by atoms with E-state index in [0.29, 0.717) is 17.1 Å². The highest BCUT2D eigenvalue weighted by molar-refractivity contribution is 9.10. The summed E-state index contributed by atoms with van der Waals surface area (Å²) >= 11 is 3.51. The van der Waals surface area contributed by atoms with Crippen LogP contribution in [0.15, 0.2) is 69.8 Å². The molecule has 0 aliphatic heterocycles. The van der Waals surface area contributed by atoms with Crippen LogP contribution in [0.3, 0.4) is 0 Å². The number of fused-ring (bicyclic) bond motifs is 1. The van der Waals surface area contributed by atoms with Crippen molar-refractivity contribution in [3.05, 3.63) is 82.2 Å². The van der Waals surface area contributed by atoms with Crippen LogP contribution in [0, 0.1) is 6.92 Å². The van der Waals surface area contributed by atoms with E-state index in [2.05, 4.69) is 31.4 Å². The Bertz CT molecular complexity index is 1080. The minimum absolute atomic E-state index is 0.154. The van der Waals surface area contributed by atoms with Gasteiger partial charge in [-0.2, -0.15) is 0 Å². The van der Waals surface area contributed by atoms with Crippen molar-refractivity contribution in [2.75, 3.05) is 5.32 Å². The molecule has 0 amide bonds. The van der Waals surface area contributed by atoms with E-state index < -0.39 is 0 Å². The third-order valence-electron chi connectivity index (χ3n) is 4.19. The van der Waals surface area contributed by atoms with Gasteiger partial charge in [0.1, 0.15) is 17.0 Å². The normalized spacial score (nSPS) is 12.2. The van der Waals surface area contributed by atoms with Crippen LogP contribution in [-0.4, -0.2) is 15.2 Å². The van der Waals surface area contributed by atoms with Gasteiger partial charge < -0.3 is 14.9 Å². The van der Waals surface area contributed by atoms with Gasteiger partial charge in [-0.05, 0) is 30.7 Å². The summed E-state index contributed by atoms with van der Waals surface area (Å²) in [5.41, 5.74) is 2.27. The van der Waals surface area contributed by atoms with Crippen LogP contribution in [0.25, 0.3) is 10.9 Å². The number of benzene rings is 2. The van der Waals surface area contributed by atoms with Crippen molar-refractivity contribution in [3.8, 4) is 5.75 Å². The molecule has 0 aliphatic rings. The van der Waals surface area contributed by atoms with Crippen molar-refractivity contribution in [2.24, 2.45) is 0 Å². The van der Waals surface area contributed by atoms with E-state index in [9.17, 15) is 5.11 Å². The Balaban J connectivity index is 1.86. The van der Waals surface area contributed by atoms with Gasteiger partial charge in [0.15, 0.2) is 5.82 Å². The lowest BCUT2D eigenvalue weighted by Gasteiger charge is -2.21. The molecular weight excluding hydrogens is 394 g/mol. The molecule has 26 heavy (non-hydrogen) atoms. The molecule has 6 heteroatoms. The molecule has 0 radical (unpaired) electrons. The van der Waals surface area contributed by atoms with Gasteiger partial charge in [-0.15, -0.1) is 0 Å². The van der Waals surface area contributed by atoms with Gasteiger partial charge in [-0.25, -0.2) is 0 Å². The fraction of sp³-hybridized carbons (Fsp3) is 0.100. The summed E-state index contributed by atoms with van der Waals surface area (Å²) in [7, 11) is 0. The molecule has 2 heterocycles. The number of hydrogen-bond donors (Lipinski definition) is 2. The zero-order valence-corrected chi connectivity index (χ0v) is 15.6. The van der Waals surface area contributed by atoms with E-state index in [-0.39, 0.29) is 11.8 Å². The molecule has 0 saturated carbocycles. The predicted molar refractivity (Wildman–Crippen MR) is 104 cm³/mol. The first-order chi connectivity index (χ1) is 12.6.